The molecule has 1 aliphatic heterocycles. The summed E-state index contributed by atoms with van der Waals surface area (Å²) in [7, 11) is 1.95. The predicted molar refractivity (Wildman–Crippen MR) is 68.9 cm³/mol. The average Bonchev–Trinajstić information content (AvgIpc) is 2.38. The van der Waals surface area contributed by atoms with E-state index in [9.17, 15) is 4.79 Å². The van der Waals surface area contributed by atoms with Crippen molar-refractivity contribution in [2.75, 3.05) is 26.7 Å². The number of nitrogens with zero attached hydrogens (tertiary/aromatic N) is 1. The van der Waals surface area contributed by atoms with Crippen LogP contribution < -0.4 is 5.32 Å². The molecule has 0 aromatic rings. The Morgan fingerprint density at radius 3 is 3.12 bits per heavy atom. The van der Waals surface area contributed by atoms with Crippen molar-refractivity contribution in [1.82, 2.24) is 10.2 Å². The number of likely N-dealkylation sites (N-methyl/N-ethyl adjacent to an activating group) is 1. The van der Waals surface area contributed by atoms with Crippen molar-refractivity contribution in [3.63, 3.8) is 0 Å². The molecular weight excluding hydrogens is 216 g/mol. The molecule has 4 nitrogen and oxygen atoms in total. The van der Waals surface area contributed by atoms with E-state index in [1.807, 2.05) is 18.9 Å². The third-order valence-corrected chi connectivity index (χ3v) is 3.18. The van der Waals surface area contributed by atoms with Gasteiger partial charge < -0.3 is 15.0 Å². The molecule has 1 saturated heterocycles. The zero-order valence-corrected chi connectivity index (χ0v) is 10.9. The van der Waals surface area contributed by atoms with Crippen molar-refractivity contribution >= 4 is 5.91 Å². The zero-order valence-electron chi connectivity index (χ0n) is 10.9. The highest BCUT2D eigenvalue weighted by Crippen LogP contribution is 2.12. The second-order valence-electron chi connectivity index (χ2n) is 4.50. The highest BCUT2D eigenvalue weighted by molar-refractivity contribution is 5.80. The summed E-state index contributed by atoms with van der Waals surface area (Å²) in [6, 6.07) is 0.424. The number of nitrogens with one attached hydrogen (secondary N) is 1. The number of amides is 1. The van der Waals surface area contributed by atoms with Crippen LogP contribution in [0.15, 0.2) is 12.7 Å². The first-order chi connectivity index (χ1) is 8.19. The molecule has 1 heterocycles. The fourth-order valence-corrected chi connectivity index (χ4v) is 2.07. The van der Waals surface area contributed by atoms with Crippen molar-refractivity contribution in [1.29, 1.82) is 0 Å². The highest BCUT2D eigenvalue weighted by atomic mass is 16.5. The number of hydrogen-bond donors (Lipinski definition) is 1. The van der Waals surface area contributed by atoms with Gasteiger partial charge in [0.2, 0.25) is 0 Å². The van der Waals surface area contributed by atoms with E-state index in [1.54, 1.807) is 6.08 Å². The van der Waals surface area contributed by atoms with Gasteiger partial charge in [-0.1, -0.05) is 6.08 Å². The molecule has 0 bridgehead atoms. The van der Waals surface area contributed by atoms with Crippen LogP contribution in [0, 0.1) is 0 Å². The summed E-state index contributed by atoms with van der Waals surface area (Å²) in [4.78, 5) is 14.0. The maximum absolute atomic E-state index is 12.1. The topological polar surface area (TPSA) is 41.6 Å². The van der Waals surface area contributed by atoms with Crippen LogP contribution >= 0.6 is 0 Å². The first-order valence-electron chi connectivity index (χ1n) is 6.37. The van der Waals surface area contributed by atoms with Gasteiger partial charge in [0.15, 0.2) is 0 Å². The minimum atomic E-state index is -0.342. The largest absolute Gasteiger partial charge is 0.368 e. The average molecular weight is 240 g/mol. The van der Waals surface area contributed by atoms with Crippen LogP contribution in [-0.4, -0.2) is 49.7 Å². The molecule has 1 aliphatic rings. The lowest BCUT2D eigenvalue weighted by Gasteiger charge is -2.34. The van der Waals surface area contributed by atoms with Gasteiger partial charge in [0, 0.05) is 19.1 Å². The van der Waals surface area contributed by atoms with Crippen molar-refractivity contribution in [3.8, 4) is 0 Å². The quantitative estimate of drug-likeness (QED) is 0.560. The normalized spacial score (nSPS) is 22.2. The van der Waals surface area contributed by atoms with Gasteiger partial charge in [-0.3, -0.25) is 4.79 Å². The molecule has 2 unspecified atom stereocenters. The van der Waals surface area contributed by atoms with Crippen LogP contribution in [-0.2, 0) is 9.53 Å². The minimum Gasteiger partial charge on any atom is -0.368 e. The van der Waals surface area contributed by atoms with Gasteiger partial charge in [-0.2, -0.15) is 0 Å². The summed E-state index contributed by atoms with van der Waals surface area (Å²) in [5.74, 6) is 0.106. The van der Waals surface area contributed by atoms with Gasteiger partial charge in [0.1, 0.15) is 6.10 Å². The second kappa shape index (κ2) is 7.45. The first kappa shape index (κ1) is 14.2. The summed E-state index contributed by atoms with van der Waals surface area (Å²) in [6.07, 6.45) is 4.46. The van der Waals surface area contributed by atoms with Crippen LogP contribution in [0.1, 0.15) is 26.2 Å². The Balaban J connectivity index is 2.37. The van der Waals surface area contributed by atoms with E-state index in [-0.39, 0.29) is 12.0 Å². The number of carbonyl (C=O) groups excluding carboxylic acids is 1. The van der Waals surface area contributed by atoms with Crippen molar-refractivity contribution in [2.45, 2.75) is 38.3 Å². The second-order valence-corrected chi connectivity index (χ2v) is 4.50. The lowest BCUT2D eigenvalue weighted by molar-refractivity contribution is -0.143. The number of likely N-dealkylation sites (tertiary alicyclic amines) is 1. The number of piperidine rings is 1. The molecule has 98 valence electrons. The molecule has 1 amide bonds. The van der Waals surface area contributed by atoms with E-state index in [0.29, 0.717) is 12.6 Å². The van der Waals surface area contributed by atoms with Gasteiger partial charge in [-0.25, -0.2) is 0 Å². The SMILES string of the molecule is C=CCCOC(C)C(=O)N1CCCC(NC)C1. The number of carbonyl (C=O) groups is 1. The number of rotatable bonds is 6. The fourth-order valence-electron chi connectivity index (χ4n) is 2.07. The molecule has 0 spiro atoms. The predicted octanol–water partition coefficient (Wildman–Crippen LogP) is 1.18. The van der Waals surface area contributed by atoms with Crippen molar-refractivity contribution in [2.24, 2.45) is 0 Å². The van der Waals surface area contributed by atoms with Crippen molar-refractivity contribution < 1.29 is 9.53 Å². The lowest BCUT2D eigenvalue weighted by Crippen LogP contribution is -2.50. The molecule has 0 aliphatic carbocycles. The Hall–Kier alpha value is -0.870. The monoisotopic (exact) mass is 240 g/mol. The van der Waals surface area contributed by atoms with Crippen LogP contribution in [0.5, 0.6) is 0 Å². The number of ether oxygens (including phenoxy) is 1. The van der Waals surface area contributed by atoms with Crippen LogP contribution in [0.4, 0.5) is 0 Å². The van der Waals surface area contributed by atoms with E-state index < -0.39 is 0 Å². The fraction of sp³-hybridized carbons (Fsp3) is 0.769. The molecule has 1 fully saturated rings. The van der Waals surface area contributed by atoms with Gasteiger partial charge >= 0.3 is 0 Å². The summed E-state index contributed by atoms with van der Waals surface area (Å²) < 4.78 is 5.48. The molecule has 1 rings (SSSR count). The summed E-state index contributed by atoms with van der Waals surface area (Å²) in [6.45, 7) is 7.68. The highest BCUT2D eigenvalue weighted by Gasteiger charge is 2.26. The standard InChI is InChI=1S/C13H24N2O2/c1-4-5-9-17-11(2)13(16)15-8-6-7-12(10-15)14-3/h4,11-12,14H,1,5-10H2,2-3H3. The zero-order chi connectivity index (χ0) is 12.7. The molecule has 0 aromatic heterocycles. The van der Waals surface area contributed by atoms with Crippen LogP contribution in [0.2, 0.25) is 0 Å². The Morgan fingerprint density at radius 2 is 2.47 bits per heavy atom. The van der Waals surface area contributed by atoms with Crippen LogP contribution in [0.25, 0.3) is 0 Å². The van der Waals surface area contributed by atoms with Gasteiger partial charge in [-0.15, -0.1) is 6.58 Å². The summed E-state index contributed by atoms with van der Waals surface area (Å²) in [5.41, 5.74) is 0. The van der Waals surface area contributed by atoms with E-state index in [1.165, 1.54) is 0 Å². The van der Waals surface area contributed by atoms with Gasteiger partial charge in [0.05, 0.1) is 6.61 Å². The Morgan fingerprint density at radius 1 is 1.71 bits per heavy atom. The molecular formula is C13H24N2O2. The van der Waals surface area contributed by atoms with Gasteiger partial charge in [-0.05, 0) is 33.2 Å². The Bertz CT molecular complexity index is 256. The molecule has 0 aromatic carbocycles. The molecule has 4 heteroatoms. The third kappa shape index (κ3) is 4.48. The maximum atomic E-state index is 12.1. The van der Waals surface area contributed by atoms with E-state index >= 15 is 0 Å². The maximum Gasteiger partial charge on any atom is 0.251 e. The third-order valence-electron chi connectivity index (χ3n) is 3.18. The number of hydrogen-bond acceptors (Lipinski definition) is 3. The minimum absolute atomic E-state index is 0.106. The van der Waals surface area contributed by atoms with Crippen molar-refractivity contribution in [3.05, 3.63) is 12.7 Å². The molecule has 0 saturated carbocycles. The Labute approximate surface area is 104 Å². The van der Waals surface area contributed by atoms with E-state index in [2.05, 4.69) is 11.9 Å². The van der Waals surface area contributed by atoms with Gasteiger partial charge in [0.25, 0.3) is 5.91 Å². The summed E-state index contributed by atoms with van der Waals surface area (Å²) >= 11 is 0. The molecule has 0 radical (unpaired) electrons. The smallest absolute Gasteiger partial charge is 0.251 e. The Kier molecular flexibility index (Phi) is 6.22. The van der Waals surface area contributed by atoms with E-state index in [4.69, 9.17) is 4.74 Å². The summed E-state index contributed by atoms with van der Waals surface area (Å²) in [5, 5.41) is 3.23. The van der Waals surface area contributed by atoms with Crippen LogP contribution in [0.3, 0.4) is 0 Å². The molecule has 1 N–H and O–H groups in total. The molecule has 2 atom stereocenters. The lowest BCUT2D eigenvalue weighted by atomic mass is 10.1. The first-order valence-corrected chi connectivity index (χ1v) is 6.37. The van der Waals surface area contributed by atoms with E-state index in [0.717, 1.165) is 32.4 Å². The molecule has 17 heavy (non-hydrogen) atoms.